The molecule has 1 aromatic rings. The maximum absolute atomic E-state index is 9.82. The third-order valence-electron chi connectivity index (χ3n) is 2.28. The Morgan fingerprint density at radius 1 is 1.43 bits per heavy atom. The van der Waals surface area contributed by atoms with E-state index >= 15 is 0 Å². The van der Waals surface area contributed by atoms with Gasteiger partial charge in [0, 0.05) is 6.04 Å². The van der Waals surface area contributed by atoms with Crippen LogP contribution in [0.25, 0.3) is 0 Å². The van der Waals surface area contributed by atoms with Gasteiger partial charge in [0.2, 0.25) is 0 Å². The molecule has 14 heavy (non-hydrogen) atoms. The number of aryl methyl sites for hydroxylation is 2. The first-order valence-electron chi connectivity index (χ1n) is 4.66. The Morgan fingerprint density at radius 3 is 2.50 bits per heavy atom. The van der Waals surface area contributed by atoms with Crippen LogP contribution in [0.15, 0.2) is 6.07 Å². The van der Waals surface area contributed by atoms with E-state index < -0.39 is 0 Å². The molecule has 0 aliphatic rings. The van der Waals surface area contributed by atoms with E-state index in [1.165, 1.54) is 0 Å². The Labute approximate surface area is 89.7 Å². The van der Waals surface area contributed by atoms with Gasteiger partial charge < -0.3 is 10.8 Å². The molecular formula is C11H16ClNO. The minimum absolute atomic E-state index is 0.0263. The predicted molar refractivity (Wildman–Crippen MR) is 59.9 cm³/mol. The van der Waals surface area contributed by atoms with Gasteiger partial charge in [0.25, 0.3) is 0 Å². The van der Waals surface area contributed by atoms with Gasteiger partial charge in [0.05, 0.1) is 5.02 Å². The Bertz CT molecular complexity index is 348. The molecule has 0 spiro atoms. The van der Waals surface area contributed by atoms with Crippen LogP contribution in [0.1, 0.15) is 23.6 Å². The van der Waals surface area contributed by atoms with Crippen LogP contribution in [0.5, 0.6) is 5.75 Å². The number of benzene rings is 1. The van der Waals surface area contributed by atoms with Gasteiger partial charge in [0.1, 0.15) is 5.75 Å². The second-order valence-corrected chi connectivity index (χ2v) is 4.21. The number of nitrogens with two attached hydrogens (primary N) is 1. The number of rotatable bonds is 2. The normalized spacial score (nSPS) is 12.9. The molecule has 3 N–H and O–H groups in total. The first-order chi connectivity index (χ1) is 6.43. The molecule has 2 nitrogen and oxygen atoms in total. The van der Waals surface area contributed by atoms with E-state index in [4.69, 9.17) is 17.3 Å². The van der Waals surface area contributed by atoms with Crippen LogP contribution in [-0.4, -0.2) is 11.1 Å². The van der Waals surface area contributed by atoms with Crippen LogP contribution in [-0.2, 0) is 6.42 Å². The zero-order valence-corrected chi connectivity index (χ0v) is 9.52. The summed E-state index contributed by atoms with van der Waals surface area (Å²) >= 11 is 5.95. The summed E-state index contributed by atoms with van der Waals surface area (Å²) in [7, 11) is 0. The second-order valence-electron chi connectivity index (χ2n) is 3.83. The molecule has 0 bridgehead atoms. The molecule has 0 saturated carbocycles. The topological polar surface area (TPSA) is 46.2 Å². The highest BCUT2D eigenvalue weighted by molar-refractivity contribution is 6.32. The summed E-state index contributed by atoms with van der Waals surface area (Å²) in [5.74, 6) is 0.182. The Morgan fingerprint density at radius 2 is 2.00 bits per heavy atom. The van der Waals surface area contributed by atoms with E-state index in [0.29, 0.717) is 11.4 Å². The van der Waals surface area contributed by atoms with Gasteiger partial charge in [-0.1, -0.05) is 17.7 Å². The molecular weight excluding hydrogens is 198 g/mol. The largest absolute Gasteiger partial charge is 0.506 e. The molecule has 0 aliphatic heterocycles. The van der Waals surface area contributed by atoms with E-state index in [1.807, 2.05) is 26.8 Å². The van der Waals surface area contributed by atoms with Crippen LogP contribution in [0.3, 0.4) is 0 Å². The summed E-state index contributed by atoms with van der Waals surface area (Å²) in [4.78, 5) is 0. The van der Waals surface area contributed by atoms with Crippen molar-refractivity contribution in [2.45, 2.75) is 33.2 Å². The highest BCUT2D eigenvalue weighted by Crippen LogP contribution is 2.33. The molecule has 0 fully saturated rings. The number of phenols is 1. The van der Waals surface area contributed by atoms with Gasteiger partial charge in [0.15, 0.2) is 0 Å². The zero-order chi connectivity index (χ0) is 10.9. The standard InChI is InChI=1S/C11H16ClNO/c1-6-4-7(2)10(12)11(14)9(6)5-8(3)13/h4,8,14H,5,13H2,1-3H3. The fourth-order valence-corrected chi connectivity index (χ4v) is 1.73. The minimum atomic E-state index is 0.0263. The van der Waals surface area contributed by atoms with Crippen molar-refractivity contribution in [3.8, 4) is 5.75 Å². The van der Waals surface area contributed by atoms with Gasteiger partial charge in [-0.25, -0.2) is 0 Å². The zero-order valence-electron chi connectivity index (χ0n) is 8.76. The first-order valence-corrected chi connectivity index (χ1v) is 5.04. The van der Waals surface area contributed by atoms with Gasteiger partial charge >= 0.3 is 0 Å². The lowest BCUT2D eigenvalue weighted by molar-refractivity contribution is 0.464. The summed E-state index contributed by atoms with van der Waals surface area (Å²) in [5.41, 5.74) is 8.49. The number of halogens is 1. The van der Waals surface area contributed by atoms with Crippen molar-refractivity contribution in [1.82, 2.24) is 0 Å². The third kappa shape index (κ3) is 2.20. The van der Waals surface area contributed by atoms with E-state index in [1.54, 1.807) is 0 Å². The fourth-order valence-electron chi connectivity index (χ4n) is 1.56. The van der Waals surface area contributed by atoms with E-state index in [9.17, 15) is 5.11 Å². The highest BCUT2D eigenvalue weighted by Gasteiger charge is 2.12. The lowest BCUT2D eigenvalue weighted by Crippen LogP contribution is -2.18. The van der Waals surface area contributed by atoms with Crippen LogP contribution in [0, 0.1) is 13.8 Å². The van der Waals surface area contributed by atoms with Gasteiger partial charge in [-0.3, -0.25) is 0 Å². The third-order valence-corrected chi connectivity index (χ3v) is 2.75. The molecule has 78 valence electrons. The highest BCUT2D eigenvalue weighted by atomic mass is 35.5. The van der Waals surface area contributed by atoms with Crippen LogP contribution in [0.2, 0.25) is 5.02 Å². The van der Waals surface area contributed by atoms with Crippen molar-refractivity contribution in [1.29, 1.82) is 0 Å². The molecule has 1 unspecified atom stereocenters. The number of hydrogen-bond donors (Lipinski definition) is 2. The summed E-state index contributed by atoms with van der Waals surface area (Å²) < 4.78 is 0. The summed E-state index contributed by atoms with van der Waals surface area (Å²) in [6.45, 7) is 5.75. The fraction of sp³-hybridized carbons (Fsp3) is 0.455. The first kappa shape index (κ1) is 11.3. The lowest BCUT2D eigenvalue weighted by atomic mass is 9.99. The van der Waals surface area contributed by atoms with Gasteiger partial charge in [-0.15, -0.1) is 0 Å². The molecule has 0 saturated heterocycles. The van der Waals surface area contributed by atoms with Crippen molar-refractivity contribution in [3.05, 3.63) is 27.8 Å². The quantitative estimate of drug-likeness (QED) is 0.793. The number of phenolic OH excluding ortho intramolecular Hbond substituents is 1. The minimum Gasteiger partial charge on any atom is -0.506 e. The second kappa shape index (κ2) is 4.20. The molecule has 3 heteroatoms. The smallest absolute Gasteiger partial charge is 0.137 e. The maximum Gasteiger partial charge on any atom is 0.137 e. The SMILES string of the molecule is Cc1cc(C)c(CC(C)N)c(O)c1Cl. The van der Waals surface area contributed by atoms with Crippen molar-refractivity contribution in [2.75, 3.05) is 0 Å². The molecule has 1 atom stereocenters. The molecule has 0 aliphatic carbocycles. The summed E-state index contributed by atoms with van der Waals surface area (Å²) in [6, 6.07) is 2.00. The molecule has 0 heterocycles. The maximum atomic E-state index is 9.82. The lowest BCUT2D eigenvalue weighted by Gasteiger charge is -2.13. The summed E-state index contributed by atoms with van der Waals surface area (Å²) in [5, 5.41) is 10.3. The Kier molecular flexibility index (Phi) is 3.40. The Hall–Kier alpha value is -0.730. The molecule has 0 radical (unpaired) electrons. The van der Waals surface area contributed by atoms with Crippen molar-refractivity contribution < 1.29 is 5.11 Å². The number of hydrogen-bond acceptors (Lipinski definition) is 2. The average Bonchev–Trinajstić information content (AvgIpc) is 2.09. The van der Waals surface area contributed by atoms with E-state index in [-0.39, 0.29) is 11.8 Å². The molecule has 1 aromatic carbocycles. The monoisotopic (exact) mass is 213 g/mol. The van der Waals surface area contributed by atoms with Gasteiger partial charge in [-0.05, 0) is 43.9 Å². The van der Waals surface area contributed by atoms with Crippen LogP contribution >= 0.6 is 11.6 Å². The van der Waals surface area contributed by atoms with Crippen molar-refractivity contribution in [3.63, 3.8) is 0 Å². The van der Waals surface area contributed by atoms with E-state index in [0.717, 1.165) is 16.7 Å². The van der Waals surface area contributed by atoms with Crippen LogP contribution in [0.4, 0.5) is 0 Å². The van der Waals surface area contributed by atoms with Gasteiger partial charge in [-0.2, -0.15) is 0 Å². The average molecular weight is 214 g/mol. The molecule has 0 aromatic heterocycles. The van der Waals surface area contributed by atoms with Crippen molar-refractivity contribution >= 4 is 11.6 Å². The predicted octanol–water partition coefficient (Wildman–Crippen LogP) is 2.55. The summed E-state index contributed by atoms with van der Waals surface area (Å²) in [6.07, 6.45) is 0.650. The van der Waals surface area contributed by atoms with Crippen molar-refractivity contribution in [2.24, 2.45) is 5.73 Å². The number of aromatic hydroxyl groups is 1. The molecule has 1 rings (SSSR count). The van der Waals surface area contributed by atoms with E-state index in [2.05, 4.69) is 0 Å². The Balaban J connectivity index is 3.22. The molecule has 0 amide bonds. The van der Waals surface area contributed by atoms with Crippen LogP contribution < -0.4 is 5.73 Å².